The third-order valence-corrected chi connectivity index (χ3v) is 4.50. The van der Waals surface area contributed by atoms with E-state index >= 15 is 0 Å². The normalized spacial score (nSPS) is 11.9. The van der Waals surface area contributed by atoms with Crippen molar-refractivity contribution in [3.05, 3.63) is 64.9 Å². The van der Waals surface area contributed by atoms with E-state index in [-0.39, 0.29) is 19.6 Å². The third-order valence-electron chi connectivity index (χ3n) is 3.54. The van der Waals surface area contributed by atoms with Crippen LogP contribution >= 0.6 is 24.8 Å². The summed E-state index contributed by atoms with van der Waals surface area (Å²) in [4.78, 5) is 1.28. The minimum Gasteiger partial charge on any atom is -0.484 e. The molecule has 0 amide bonds. The van der Waals surface area contributed by atoms with E-state index in [1.807, 2.05) is 7.05 Å². The maximum atomic E-state index is 6.34. The molecule has 0 saturated heterocycles. The van der Waals surface area contributed by atoms with E-state index in [1.165, 1.54) is 15.6 Å². The van der Waals surface area contributed by atoms with Crippen LogP contribution in [-0.2, 0) is 0 Å². The summed E-state index contributed by atoms with van der Waals surface area (Å²) in [6, 6.07) is 18.8. The molecule has 22 heavy (non-hydrogen) atoms. The van der Waals surface area contributed by atoms with Crippen molar-refractivity contribution in [3.63, 3.8) is 0 Å². The largest absolute Gasteiger partial charge is 0.484 e. The van der Waals surface area contributed by atoms with Crippen LogP contribution in [0.5, 0.6) is 5.75 Å². The van der Waals surface area contributed by atoms with Gasteiger partial charge in [0.2, 0.25) is 0 Å². The van der Waals surface area contributed by atoms with Gasteiger partial charge in [0.05, 0.1) is 0 Å². The summed E-state index contributed by atoms with van der Waals surface area (Å²) in [7, 11) is 1.98. The fourth-order valence-corrected chi connectivity index (χ4v) is 3.25. The van der Waals surface area contributed by atoms with Gasteiger partial charge in [-0.05, 0) is 36.5 Å². The lowest BCUT2D eigenvalue weighted by molar-refractivity contribution is 0.201. The van der Waals surface area contributed by atoms with Gasteiger partial charge >= 0.3 is 0 Å². The number of thiophene rings is 1. The zero-order valence-electron chi connectivity index (χ0n) is 12.6. The molecule has 0 aliphatic heterocycles. The Kier molecular flexibility index (Phi) is 6.31. The predicted molar refractivity (Wildman–Crippen MR) is 101 cm³/mol. The number of benzene rings is 2. The number of hydrogen-bond donors (Lipinski definition) is 1. The topological polar surface area (TPSA) is 21.3 Å². The average molecular weight is 332 g/mol. The molecule has 1 N–H and O–H groups in total. The van der Waals surface area contributed by atoms with Crippen molar-refractivity contribution < 1.29 is 4.74 Å². The van der Waals surface area contributed by atoms with Crippen LogP contribution in [0.4, 0.5) is 0 Å². The van der Waals surface area contributed by atoms with Crippen LogP contribution in [0, 0.1) is 0 Å². The molecule has 1 atom stereocenters. The lowest BCUT2D eigenvalue weighted by atomic mass is 10.1. The Morgan fingerprint density at radius 1 is 1.05 bits per heavy atom. The molecule has 2 nitrogen and oxygen atoms in total. The fraction of sp³-hybridized carbons (Fsp3) is 0.222. The number of fused-ring (bicyclic) bond motifs is 1. The van der Waals surface area contributed by atoms with Crippen molar-refractivity contribution in [3.8, 4) is 5.75 Å². The highest BCUT2D eigenvalue weighted by Crippen LogP contribution is 2.32. The fourth-order valence-electron chi connectivity index (χ4n) is 2.46. The molecule has 0 aliphatic carbocycles. The van der Waals surface area contributed by atoms with Crippen molar-refractivity contribution >= 4 is 35.6 Å². The molecule has 0 bridgehead atoms. The lowest BCUT2D eigenvalue weighted by Gasteiger charge is -2.19. The summed E-state index contributed by atoms with van der Waals surface area (Å²) in [6.45, 7) is 0.938. The first-order valence-corrected chi connectivity index (χ1v) is 8.09. The lowest BCUT2D eigenvalue weighted by Crippen LogP contribution is -2.15. The Balaban J connectivity index is 0.00000176. The van der Waals surface area contributed by atoms with E-state index in [4.69, 9.17) is 4.74 Å². The standard InChI is InChI=1S/C18H19NOS.H2S/c1-19-12-11-17(18-10-5-13-21-18)20-16-9-4-7-14-6-2-3-8-15(14)16;/h2-10,13,17,19H,11-12H2,1H3;1H2/t17-;/m1./s1. The summed E-state index contributed by atoms with van der Waals surface area (Å²) < 4.78 is 6.34. The summed E-state index contributed by atoms with van der Waals surface area (Å²) in [5.74, 6) is 0.961. The number of hydrogen-bond acceptors (Lipinski definition) is 3. The van der Waals surface area contributed by atoms with Gasteiger partial charge in [-0.1, -0.05) is 42.5 Å². The van der Waals surface area contributed by atoms with Crippen LogP contribution < -0.4 is 10.1 Å². The SMILES string of the molecule is CNCC[C@@H](Oc1cccc2ccccc12)c1cccs1.S. The van der Waals surface area contributed by atoms with Gasteiger partial charge in [0, 0.05) is 16.7 Å². The van der Waals surface area contributed by atoms with Gasteiger partial charge in [-0.25, -0.2) is 0 Å². The zero-order chi connectivity index (χ0) is 14.5. The highest BCUT2D eigenvalue weighted by atomic mass is 32.1. The first-order chi connectivity index (χ1) is 10.4. The second kappa shape index (κ2) is 8.22. The van der Waals surface area contributed by atoms with Gasteiger partial charge < -0.3 is 10.1 Å². The first kappa shape index (κ1) is 16.9. The molecule has 116 valence electrons. The summed E-state index contributed by atoms with van der Waals surface area (Å²) in [5.41, 5.74) is 0. The molecule has 0 aliphatic rings. The van der Waals surface area contributed by atoms with Crippen LogP contribution in [0.25, 0.3) is 10.8 Å². The van der Waals surface area contributed by atoms with E-state index in [1.54, 1.807) is 11.3 Å². The molecular formula is C18H21NOS2. The van der Waals surface area contributed by atoms with Crippen molar-refractivity contribution in [2.24, 2.45) is 0 Å². The van der Waals surface area contributed by atoms with Crippen molar-refractivity contribution in [1.82, 2.24) is 5.32 Å². The summed E-state index contributed by atoms with van der Waals surface area (Å²) in [5, 5.41) is 7.70. The maximum absolute atomic E-state index is 6.34. The minimum atomic E-state index is 0. The predicted octanol–water partition coefficient (Wildman–Crippen LogP) is 4.74. The molecule has 2 aromatic carbocycles. The van der Waals surface area contributed by atoms with E-state index in [0.717, 1.165) is 18.7 Å². The molecule has 4 heteroatoms. The van der Waals surface area contributed by atoms with Crippen LogP contribution in [0.3, 0.4) is 0 Å². The maximum Gasteiger partial charge on any atom is 0.134 e. The quantitative estimate of drug-likeness (QED) is 0.704. The number of ether oxygens (including phenoxy) is 1. The van der Waals surface area contributed by atoms with Crippen molar-refractivity contribution in [2.75, 3.05) is 13.6 Å². The summed E-state index contributed by atoms with van der Waals surface area (Å²) in [6.07, 6.45) is 1.06. The molecule has 0 unspecified atom stereocenters. The van der Waals surface area contributed by atoms with Crippen LogP contribution in [-0.4, -0.2) is 13.6 Å². The van der Waals surface area contributed by atoms with E-state index in [9.17, 15) is 0 Å². The number of rotatable bonds is 6. The van der Waals surface area contributed by atoms with Gasteiger partial charge in [0.25, 0.3) is 0 Å². The van der Waals surface area contributed by atoms with Gasteiger partial charge in [-0.15, -0.1) is 11.3 Å². The Bertz CT molecular complexity index is 692. The molecule has 0 spiro atoms. The molecule has 0 radical (unpaired) electrons. The first-order valence-electron chi connectivity index (χ1n) is 7.21. The average Bonchev–Trinajstić information content (AvgIpc) is 3.06. The van der Waals surface area contributed by atoms with E-state index in [2.05, 4.69) is 65.3 Å². The van der Waals surface area contributed by atoms with Gasteiger partial charge in [0.1, 0.15) is 11.9 Å². The van der Waals surface area contributed by atoms with Crippen LogP contribution in [0.2, 0.25) is 0 Å². The van der Waals surface area contributed by atoms with Crippen LogP contribution in [0.15, 0.2) is 60.0 Å². The molecule has 0 saturated carbocycles. The second-order valence-corrected chi connectivity index (χ2v) is 5.97. The molecule has 1 aromatic heterocycles. The second-order valence-electron chi connectivity index (χ2n) is 4.99. The van der Waals surface area contributed by atoms with Crippen LogP contribution in [0.1, 0.15) is 17.4 Å². The van der Waals surface area contributed by atoms with Crippen molar-refractivity contribution in [1.29, 1.82) is 0 Å². The molecular weight excluding hydrogens is 310 g/mol. The van der Waals surface area contributed by atoms with Gasteiger partial charge in [0.15, 0.2) is 0 Å². The Labute approximate surface area is 142 Å². The smallest absolute Gasteiger partial charge is 0.134 e. The van der Waals surface area contributed by atoms with E-state index in [0.29, 0.717) is 0 Å². The molecule has 3 aromatic rings. The third kappa shape index (κ3) is 3.83. The highest BCUT2D eigenvalue weighted by molar-refractivity contribution is 7.59. The molecule has 1 heterocycles. The minimum absolute atomic E-state index is 0. The van der Waals surface area contributed by atoms with Gasteiger partial charge in [-0.2, -0.15) is 13.5 Å². The van der Waals surface area contributed by atoms with Gasteiger partial charge in [-0.3, -0.25) is 0 Å². The highest BCUT2D eigenvalue weighted by Gasteiger charge is 2.15. The Morgan fingerprint density at radius 2 is 1.86 bits per heavy atom. The monoisotopic (exact) mass is 331 g/mol. The summed E-state index contributed by atoms with van der Waals surface area (Å²) >= 11 is 1.75. The molecule has 3 rings (SSSR count). The zero-order valence-corrected chi connectivity index (χ0v) is 14.4. The van der Waals surface area contributed by atoms with E-state index < -0.39 is 0 Å². The van der Waals surface area contributed by atoms with Crippen molar-refractivity contribution in [2.45, 2.75) is 12.5 Å². The molecule has 0 fully saturated rings. The number of nitrogens with one attached hydrogen (secondary N) is 1. The Hall–Kier alpha value is -1.49. The Morgan fingerprint density at radius 3 is 2.64 bits per heavy atom.